The molecule has 66 heavy (non-hydrogen) atoms. The number of benzene rings is 12. The van der Waals surface area contributed by atoms with Crippen molar-refractivity contribution < 1.29 is 0 Å². The Labute approximate surface area is 386 Å². The third-order valence-electron chi connectivity index (χ3n) is 13.2. The Bertz CT molecular complexity index is 3710. The average Bonchev–Trinajstić information content (AvgIpc) is 3.39. The fourth-order valence-corrected chi connectivity index (χ4v) is 10.3. The van der Waals surface area contributed by atoms with Gasteiger partial charge in [0, 0.05) is 0 Å². The summed E-state index contributed by atoms with van der Waals surface area (Å²) >= 11 is 0. The summed E-state index contributed by atoms with van der Waals surface area (Å²) in [5, 5.41) is 10.1. The van der Waals surface area contributed by atoms with Crippen LogP contribution in [0.4, 0.5) is 0 Å². The van der Waals surface area contributed by atoms with Crippen molar-refractivity contribution in [2.45, 2.75) is 0 Å². The van der Waals surface area contributed by atoms with Crippen LogP contribution in [0, 0.1) is 0 Å². The van der Waals surface area contributed by atoms with E-state index in [4.69, 9.17) is 0 Å². The third kappa shape index (κ3) is 6.97. The van der Waals surface area contributed by atoms with Crippen LogP contribution in [0.5, 0.6) is 0 Å². The van der Waals surface area contributed by atoms with Gasteiger partial charge in [-0.25, -0.2) is 0 Å². The van der Waals surface area contributed by atoms with Crippen LogP contribution in [-0.4, -0.2) is 0 Å². The summed E-state index contributed by atoms with van der Waals surface area (Å²) in [6.45, 7) is 0. The summed E-state index contributed by atoms with van der Waals surface area (Å²) < 4.78 is 0. The molecule has 0 heterocycles. The van der Waals surface area contributed by atoms with Crippen molar-refractivity contribution >= 4 is 55.2 Å². The van der Waals surface area contributed by atoms with E-state index < -0.39 is 0 Å². The Morgan fingerprint density at radius 2 is 0.576 bits per heavy atom. The zero-order chi connectivity index (χ0) is 43.8. The lowest BCUT2D eigenvalue weighted by Gasteiger charge is -2.20. The van der Waals surface area contributed by atoms with E-state index in [1.165, 1.54) is 110 Å². The molecule has 12 aromatic rings. The van der Waals surface area contributed by atoms with Crippen LogP contribution in [0.2, 0.25) is 0 Å². The molecule has 0 heteroatoms. The fraction of sp³-hybridized carbons (Fsp3) is 0. The second-order valence-electron chi connectivity index (χ2n) is 17.1. The molecule has 12 rings (SSSR count). The van der Waals surface area contributed by atoms with Crippen LogP contribution < -0.4 is 0 Å². The Morgan fingerprint density at radius 1 is 0.197 bits per heavy atom. The van der Waals surface area contributed by atoms with Crippen molar-refractivity contribution in [2.75, 3.05) is 0 Å². The van der Waals surface area contributed by atoms with Crippen molar-refractivity contribution in [1.29, 1.82) is 0 Å². The highest BCUT2D eigenvalue weighted by molar-refractivity contribution is 6.25. The highest BCUT2D eigenvalue weighted by atomic mass is 14.2. The van der Waals surface area contributed by atoms with E-state index in [0.29, 0.717) is 0 Å². The summed E-state index contributed by atoms with van der Waals surface area (Å²) in [5.74, 6) is 0. The lowest BCUT2D eigenvalue weighted by Crippen LogP contribution is -1.93. The molecular weight excluding hydrogens is 793 g/mol. The summed E-state index contributed by atoms with van der Waals surface area (Å²) in [7, 11) is 0. The SMILES string of the molecule is C(=Cc1cccc(-c2cccc3c(-c4ccccc4)c4ccccc4c(-c4ccccc4)c23)c1)c1ccc(-c2cccc(-c3c4ccccc4c(-c4ccccc4)c4ccccc34)c2)cc1. The second kappa shape index (κ2) is 16.8. The Hall–Kier alpha value is -8.58. The molecule has 0 nitrogen and oxygen atoms in total. The van der Waals surface area contributed by atoms with Gasteiger partial charge < -0.3 is 0 Å². The van der Waals surface area contributed by atoms with Gasteiger partial charge in [0.25, 0.3) is 0 Å². The Kier molecular flexibility index (Phi) is 9.97. The van der Waals surface area contributed by atoms with Gasteiger partial charge in [-0.1, -0.05) is 255 Å². The maximum atomic E-state index is 2.36. The molecule has 0 radical (unpaired) electrons. The van der Waals surface area contributed by atoms with E-state index in [-0.39, 0.29) is 0 Å². The molecule has 0 bridgehead atoms. The van der Waals surface area contributed by atoms with Crippen molar-refractivity contribution in [2.24, 2.45) is 0 Å². The first-order valence-electron chi connectivity index (χ1n) is 22.8. The minimum absolute atomic E-state index is 1.16. The van der Waals surface area contributed by atoms with Crippen LogP contribution >= 0.6 is 0 Å². The van der Waals surface area contributed by atoms with Crippen molar-refractivity contribution in [3.05, 3.63) is 266 Å². The minimum Gasteiger partial charge on any atom is -0.0622 e. The molecule has 0 amide bonds. The Morgan fingerprint density at radius 3 is 1.14 bits per heavy atom. The number of fused-ring (bicyclic) bond motifs is 4. The molecule has 12 aromatic carbocycles. The molecule has 0 aliphatic heterocycles. The van der Waals surface area contributed by atoms with E-state index in [0.717, 1.165) is 11.1 Å². The average molecular weight is 837 g/mol. The predicted octanol–water partition coefficient (Wildman–Crippen LogP) is 18.5. The maximum Gasteiger partial charge on any atom is -0.00141 e. The van der Waals surface area contributed by atoms with Crippen molar-refractivity contribution in [3.8, 4) is 66.8 Å². The highest BCUT2D eigenvalue weighted by Crippen LogP contribution is 2.48. The van der Waals surface area contributed by atoms with E-state index in [1.54, 1.807) is 0 Å². The molecule has 0 saturated carbocycles. The molecule has 0 N–H and O–H groups in total. The third-order valence-corrected chi connectivity index (χ3v) is 13.2. The number of hydrogen-bond donors (Lipinski definition) is 0. The van der Waals surface area contributed by atoms with Gasteiger partial charge in [0.05, 0.1) is 0 Å². The quantitative estimate of drug-likeness (QED) is 0.106. The molecule has 0 aliphatic rings. The van der Waals surface area contributed by atoms with E-state index in [2.05, 4.69) is 267 Å². The molecule has 0 saturated heterocycles. The van der Waals surface area contributed by atoms with Gasteiger partial charge in [0.1, 0.15) is 0 Å². The predicted molar refractivity (Wildman–Crippen MR) is 284 cm³/mol. The van der Waals surface area contributed by atoms with Crippen molar-refractivity contribution in [1.82, 2.24) is 0 Å². The number of hydrogen-bond acceptors (Lipinski definition) is 0. The van der Waals surface area contributed by atoms with Gasteiger partial charge in [-0.3, -0.25) is 0 Å². The number of rotatable bonds is 8. The fourth-order valence-electron chi connectivity index (χ4n) is 10.3. The lowest BCUT2D eigenvalue weighted by atomic mass is 9.83. The first-order valence-corrected chi connectivity index (χ1v) is 22.8. The summed E-state index contributed by atoms with van der Waals surface area (Å²) in [6, 6.07) is 93.0. The minimum atomic E-state index is 1.16. The summed E-state index contributed by atoms with van der Waals surface area (Å²) in [4.78, 5) is 0. The molecule has 308 valence electrons. The molecule has 0 aromatic heterocycles. The lowest BCUT2D eigenvalue weighted by molar-refractivity contribution is 1.59. The first kappa shape index (κ1) is 39.0. The monoisotopic (exact) mass is 836 g/mol. The molecule has 0 aliphatic carbocycles. The van der Waals surface area contributed by atoms with E-state index in [1.807, 2.05) is 0 Å². The van der Waals surface area contributed by atoms with Gasteiger partial charge >= 0.3 is 0 Å². The summed E-state index contributed by atoms with van der Waals surface area (Å²) in [5.41, 5.74) is 17.1. The van der Waals surface area contributed by atoms with Crippen LogP contribution in [0.15, 0.2) is 255 Å². The maximum absolute atomic E-state index is 2.36. The van der Waals surface area contributed by atoms with Crippen LogP contribution in [0.3, 0.4) is 0 Å². The standard InChI is InChI=1S/C66H44/c1-4-20-48(21-5-1)62-55-29-10-12-31-57(55)64(58-32-13-11-30-56(58)62)53-28-17-26-51(44-53)47-41-39-45(40-42-47)37-38-46-19-16-27-52(43-46)54-35-18-36-61-63(49-22-6-2-7-23-49)59-33-14-15-34-60(59)65(66(54)61)50-24-8-3-9-25-50/h1-44H. The summed E-state index contributed by atoms with van der Waals surface area (Å²) in [6.07, 6.45) is 4.47. The van der Waals surface area contributed by atoms with Gasteiger partial charge in [-0.2, -0.15) is 0 Å². The van der Waals surface area contributed by atoms with E-state index in [9.17, 15) is 0 Å². The zero-order valence-corrected chi connectivity index (χ0v) is 36.4. The van der Waals surface area contributed by atoms with Gasteiger partial charge in [0.15, 0.2) is 0 Å². The van der Waals surface area contributed by atoms with Crippen LogP contribution in [0.1, 0.15) is 11.1 Å². The highest BCUT2D eigenvalue weighted by Gasteiger charge is 2.20. The van der Waals surface area contributed by atoms with Gasteiger partial charge in [-0.15, -0.1) is 0 Å². The first-order chi connectivity index (χ1) is 32.8. The second-order valence-corrected chi connectivity index (χ2v) is 17.1. The molecule has 0 spiro atoms. The van der Waals surface area contributed by atoms with E-state index >= 15 is 0 Å². The van der Waals surface area contributed by atoms with Crippen LogP contribution in [0.25, 0.3) is 122 Å². The molecule has 0 fully saturated rings. The molecule has 0 atom stereocenters. The smallest absolute Gasteiger partial charge is 0.00141 e. The van der Waals surface area contributed by atoms with Gasteiger partial charge in [-0.05, 0) is 133 Å². The van der Waals surface area contributed by atoms with Crippen molar-refractivity contribution in [3.63, 3.8) is 0 Å². The largest absolute Gasteiger partial charge is 0.0622 e. The molecular formula is C66H44. The normalized spacial score (nSPS) is 11.6. The van der Waals surface area contributed by atoms with Gasteiger partial charge in [0.2, 0.25) is 0 Å². The van der Waals surface area contributed by atoms with Crippen LogP contribution in [-0.2, 0) is 0 Å². The topological polar surface area (TPSA) is 0 Å². The Balaban J connectivity index is 0.898. The zero-order valence-electron chi connectivity index (χ0n) is 36.4. The molecule has 0 unspecified atom stereocenters.